The molecule has 0 bridgehead atoms. The molecule has 1 unspecified atom stereocenters. The highest BCUT2D eigenvalue weighted by Gasteiger charge is 2.31. The lowest BCUT2D eigenvalue weighted by molar-refractivity contribution is -0.137. The molecule has 10 heteroatoms. The highest BCUT2D eigenvalue weighted by Crippen LogP contribution is 2.32. The van der Waals surface area contributed by atoms with Crippen molar-refractivity contribution in [2.75, 3.05) is 36.0 Å². The van der Waals surface area contributed by atoms with Crippen LogP contribution in [0.1, 0.15) is 24.2 Å². The minimum Gasteiger partial charge on any atom is -0.389 e. The van der Waals surface area contributed by atoms with Gasteiger partial charge >= 0.3 is 6.18 Å². The molecule has 4 rings (SSSR count). The number of alkyl halides is 3. The van der Waals surface area contributed by atoms with Gasteiger partial charge in [0, 0.05) is 37.9 Å². The Labute approximate surface area is 169 Å². The minimum atomic E-state index is -4.39. The molecular formula is C19H19ClF3N5O. The Morgan fingerprint density at radius 3 is 2.45 bits per heavy atom. The van der Waals surface area contributed by atoms with Gasteiger partial charge < -0.3 is 19.9 Å². The van der Waals surface area contributed by atoms with Crippen LogP contribution in [0.4, 0.5) is 24.9 Å². The molecule has 2 N–H and O–H groups in total. The van der Waals surface area contributed by atoms with Crippen molar-refractivity contribution < 1.29 is 18.3 Å². The maximum absolute atomic E-state index is 12.9. The first kappa shape index (κ1) is 19.8. The summed E-state index contributed by atoms with van der Waals surface area (Å²) < 4.78 is 38.7. The van der Waals surface area contributed by atoms with Crippen molar-refractivity contribution in [1.29, 1.82) is 0 Å². The van der Waals surface area contributed by atoms with Crippen molar-refractivity contribution in [3.63, 3.8) is 0 Å². The first-order valence-corrected chi connectivity index (χ1v) is 9.50. The summed E-state index contributed by atoms with van der Waals surface area (Å²) in [5.41, 5.74) is 0.800. The van der Waals surface area contributed by atoms with Crippen molar-refractivity contribution in [3.8, 4) is 0 Å². The summed E-state index contributed by atoms with van der Waals surface area (Å²) in [5, 5.41) is 10.1. The fourth-order valence-corrected chi connectivity index (χ4v) is 3.65. The normalized spacial score (nSPS) is 16.5. The van der Waals surface area contributed by atoms with E-state index < -0.39 is 17.8 Å². The molecule has 2 aromatic heterocycles. The van der Waals surface area contributed by atoms with Crippen LogP contribution in [0.5, 0.6) is 0 Å². The quantitative estimate of drug-likeness (QED) is 0.663. The lowest BCUT2D eigenvalue weighted by atomic mass is 10.2. The summed E-state index contributed by atoms with van der Waals surface area (Å²) in [5.74, 6) is 1.19. The zero-order valence-corrected chi connectivity index (χ0v) is 16.3. The predicted molar refractivity (Wildman–Crippen MR) is 105 cm³/mol. The van der Waals surface area contributed by atoms with E-state index in [-0.39, 0.29) is 0 Å². The Morgan fingerprint density at radius 2 is 1.83 bits per heavy atom. The van der Waals surface area contributed by atoms with Gasteiger partial charge in [0.05, 0.1) is 27.7 Å². The molecule has 1 atom stereocenters. The van der Waals surface area contributed by atoms with E-state index in [2.05, 4.69) is 15.0 Å². The number of rotatable bonds is 3. The Balaban J connectivity index is 1.48. The second kappa shape index (κ2) is 7.38. The van der Waals surface area contributed by atoms with Gasteiger partial charge in [0.25, 0.3) is 0 Å². The second-order valence-electron chi connectivity index (χ2n) is 7.01. The van der Waals surface area contributed by atoms with Gasteiger partial charge in [0.15, 0.2) is 0 Å². The van der Waals surface area contributed by atoms with Gasteiger partial charge in [-0.3, -0.25) is 0 Å². The van der Waals surface area contributed by atoms with Crippen molar-refractivity contribution >= 4 is 34.4 Å². The number of anilines is 2. The number of fused-ring (bicyclic) bond motifs is 1. The molecule has 1 aromatic carbocycles. The summed E-state index contributed by atoms with van der Waals surface area (Å²) in [6.45, 7) is 4.14. The molecule has 0 aliphatic carbocycles. The Morgan fingerprint density at radius 1 is 1.14 bits per heavy atom. The summed E-state index contributed by atoms with van der Waals surface area (Å²) in [6, 6.07) is 5.20. The van der Waals surface area contributed by atoms with E-state index in [0.717, 1.165) is 12.1 Å². The van der Waals surface area contributed by atoms with E-state index in [4.69, 9.17) is 11.6 Å². The molecule has 29 heavy (non-hydrogen) atoms. The van der Waals surface area contributed by atoms with Crippen LogP contribution in [-0.2, 0) is 6.18 Å². The van der Waals surface area contributed by atoms with Gasteiger partial charge in [-0.1, -0.05) is 11.6 Å². The zero-order valence-electron chi connectivity index (χ0n) is 15.5. The molecule has 0 amide bonds. The van der Waals surface area contributed by atoms with Crippen molar-refractivity contribution in [1.82, 2.24) is 15.0 Å². The number of nitrogens with zero attached hydrogens (tertiary/aromatic N) is 4. The van der Waals surface area contributed by atoms with Crippen LogP contribution in [0, 0.1) is 0 Å². The van der Waals surface area contributed by atoms with Gasteiger partial charge in [0.1, 0.15) is 5.82 Å². The number of piperazine rings is 1. The highest BCUT2D eigenvalue weighted by atomic mass is 35.5. The Hall–Kier alpha value is -2.52. The molecule has 1 aliphatic heterocycles. The third kappa shape index (κ3) is 3.97. The third-order valence-electron chi connectivity index (χ3n) is 5.00. The van der Waals surface area contributed by atoms with Crippen molar-refractivity contribution in [2.24, 2.45) is 0 Å². The zero-order chi connectivity index (χ0) is 20.8. The third-order valence-corrected chi connectivity index (χ3v) is 5.28. The molecule has 6 nitrogen and oxygen atoms in total. The number of benzene rings is 1. The molecule has 0 spiro atoms. The van der Waals surface area contributed by atoms with Crippen LogP contribution in [0.2, 0.25) is 5.02 Å². The largest absolute Gasteiger partial charge is 0.416 e. The van der Waals surface area contributed by atoms with Gasteiger partial charge in [-0.15, -0.1) is 0 Å². The number of H-pyrrole nitrogens is 1. The Kier molecular flexibility index (Phi) is 5.04. The lowest BCUT2D eigenvalue weighted by Gasteiger charge is -2.35. The Bertz CT molecular complexity index is 1030. The molecule has 1 aliphatic rings. The van der Waals surface area contributed by atoms with E-state index in [1.165, 1.54) is 6.07 Å². The molecule has 154 valence electrons. The number of hydrogen-bond donors (Lipinski definition) is 2. The molecule has 0 saturated carbocycles. The maximum Gasteiger partial charge on any atom is 0.416 e. The standard InChI is InChI=1S/C19H19ClF3N5O/c1-11(29)12-8-14(20)17(24-10-12)27-4-6-28(7-5-27)18-25-15-3-2-13(19(21,22)23)9-16(15)26-18/h2-3,8-11,29H,4-7H2,1H3,(H,25,26). The van der Waals surface area contributed by atoms with Gasteiger partial charge in [-0.2, -0.15) is 13.2 Å². The lowest BCUT2D eigenvalue weighted by Crippen LogP contribution is -2.47. The highest BCUT2D eigenvalue weighted by molar-refractivity contribution is 6.33. The van der Waals surface area contributed by atoms with E-state index in [1.54, 1.807) is 19.2 Å². The number of halogens is 4. The van der Waals surface area contributed by atoms with E-state index in [1.807, 2.05) is 9.80 Å². The number of aromatic amines is 1. The van der Waals surface area contributed by atoms with Crippen LogP contribution in [0.15, 0.2) is 30.5 Å². The van der Waals surface area contributed by atoms with Crippen LogP contribution in [-0.4, -0.2) is 46.2 Å². The molecule has 1 fully saturated rings. The van der Waals surface area contributed by atoms with Gasteiger partial charge in [-0.05, 0) is 31.2 Å². The van der Waals surface area contributed by atoms with Gasteiger partial charge in [0.2, 0.25) is 5.95 Å². The summed E-state index contributed by atoms with van der Waals surface area (Å²) in [4.78, 5) is 15.8. The predicted octanol–water partition coefficient (Wildman–Crippen LogP) is 4.01. The number of hydrogen-bond acceptors (Lipinski definition) is 5. The van der Waals surface area contributed by atoms with E-state index in [0.29, 0.717) is 59.6 Å². The minimum absolute atomic E-state index is 0.357. The average Bonchev–Trinajstić information content (AvgIpc) is 3.10. The molecule has 3 heterocycles. The number of aliphatic hydroxyl groups is 1. The number of aromatic nitrogens is 3. The SMILES string of the molecule is CC(O)c1cnc(N2CCN(c3nc4ccc(C(F)(F)F)cc4[nH]3)CC2)c(Cl)c1. The second-order valence-corrected chi connectivity index (χ2v) is 7.42. The van der Waals surface area contributed by atoms with Crippen LogP contribution in [0.25, 0.3) is 11.0 Å². The van der Waals surface area contributed by atoms with Crippen molar-refractivity contribution in [2.45, 2.75) is 19.2 Å². The van der Waals surface area contributed by atoms with E-state index >= 15 is 0 Å². The first-order valence-electron chi connectivity index (χ1n) is 9.13. The first-order chi connectivity index (χ1) is 13.7. The topological polar surface area (TPSA) is 68.3 Å². The van der Waals surface area contributed by atoms with Crippen molar-refractivity contribution in [3.05, 3.63) is 46.6 Å². The number of pyridine rings is 1. The number of aliphatic hydroxyl groups excluding tert-OH is 1. The molecular weight excluding hydrogens is 407 g/mol. The van der Waals surface area contributed by atoms with Crippen LogP contribution >= 0.6 is 11.6 Å². The number of imidazole rings is 1. The monoisotopic (exact) mass is 425 g/mol. The van der Waals surface area contributed by atoms with Gasteiger partial charge in [-0.25, -0.2) is 9.97 Å². The van der Waals surface area contributed by atoms with Crippen LogP contribution in [0.3, 0.4) is 0 Å². The van der Waals surface area contributed by atoms with E-state index in [9.17, 15) is 18.3 Å². The smallest absolute Gasteiger partial charge is 0.389 e. The summed E-state index contributed by atoms with van der Waals surface area (Å²) in [7, 11) is 0. The summed E-state index contributed by atoms with van der Waals surface area (Å²) in [6.07, 6.45) is -3.42. The van der Waals surface area contributed by atoms with Crippen LogP contribution < -0.4 is 9.80 Å². The fraction of sp³-hybridized carbons (Fsp3) is 0.368. The summed E-state index contributed by atoms with van der Waals surface area (Å²) >= 11 is 6.33. The molecule has 3 aromatic rings. The molecule has 0 radical (unpaired) electrons. The molecule has 1 saturated heterocycles. The fourth-order valence-electron chi connectivity index (χ4n) is 3.36. The maximum atomic E-state index is 12.9. The number of nitrogens with one attached hydrogen (secondary N) is 1. The average molecular weight is 426 g/mol.